The van der Waals surface area contributed by atoms with E-state index in [1.807, 2.05) is 0 Å². The van der Waals surface area contributed by atoms with Crippen LogP contribution in [0.1, 0.15) is 73.6 Å². The van der Waals surface area contributed by atoms with Gasteiger partial charge in [-0.25, -0.2) is 0 Å². The monoisotopic (exact) mass is 356 g/mol. The fourth-order valence-electron chi connectivity index (χ4n) is 5.06. The van der Waals surface area contributed by atoms with Crippen molar-refractivity contribution in [3.63, 3.8) is 0 Å². The summed E-state index contributed by atoms with van der Waals surface area (Å²) >= 11 is 0. The highest BCUT2D eigenvalue weighted by atomic mass is 28.3. The smallest absolute Gasteiger partial charge is 0.160 e. The first kappa shape index (κ1) is 22.2. The molecule has 0 spiro atoms. The molecule has 1 rings (SSSR count). The first-order valence-corrected chi connectivity index (χ1v) is 13.7. The summed E-state index contributed by atoms with van der Waals surface area (Å²) in [6.45, 7) is 21.8. The van der Waals surface area contributed by atoms with Gasteiger partial charge >= 0.3 is 0 Å². The minimum absolute atomic E-state index is 0.112. The Balaban J connectivity index is 2.83. The predicted molar refractivity (Wildman–Crippen MR) is 108 cm³/mol. The largest absolute Gasteiger partial charge is 0.367 e. The molecule has 1 N–H and O–H groups in total. The summed E-state index contributed by atoms with van der Waals surface area (Å²) in [6.07, 6.45) is 5.07. The van der Waals surface area contributed by atoms with Crippen LogP contribution in [-0.2, 0) is 4.74 Å². The molecule has 0 saturated heterocycles. The van der Waals surface area contributed by atoms with E-state index in [0.29, 0.717) is 12.5 Å². The minimum Gasteiger partial charge on any atom is -0.367 e. The highest BCUT2D eigenvalue weighted by Crippen LogP contribution is 2.60. The van der Waals surface area contributed by atoms with Gasteiger partial charge in [0.05, 0.1) is 0 Å². The summed E-state index contributed by atoms with van der Waals surface area (Å²) in [7, 11) is -1.02. The van der Waals surface area contributed by atoms with E-state index in [1.165, 1.54) is 18.9 Å². The molecule has 3 heteroatoms. The summed E-state index contributed by atoms with van der Waals surface area (Å²) in [5.74, 6) is 0.460. The van der Waals surface area contributed by atoms with Crippen molar-refractivity contribution < 1.29 is 9.84 Å². The third-order valence-corrected chi connectivity index (χ3v) is 8.09. The van der Waals surface area contributed by atoms with Gasteiger partial charge in [0.15, 0.2) is 6.29 Å². The van der Waals surface area contributed by atoms with Crippen LogP contribution < -0.4 is 0 Å². The van der Waals surface area contributed by atoms with Gasteiger partial charge in [-0.05, 0) is 42.4 Å². The van der Waals surface area contributed by atoms with Crippen LogP contribution in [0.15, 0.2) is 0 Å². The Hall–Kier alpha value is 0.137. The molecule has 0 aromatic carbocycles. The Bertz CT molecular complexity index is 392. The lowest BCUT2D eigenvalue weighted by Crippen LogP contribution is -2.50. The number of ether oxygens (including phenoxy) is 1. The Labute approximate surface area is 152 Å². The van der Waals surface area contributed by atoms with Crippen LogP contribution in [0, 0.1) is 22.2 Å². The van der Waals surface area contributed by atoms with Gasteiger partial charge in [-0.15, -0.1) is 0 Å². The van der Waals surface area contributed by atoms with E-state index in [9.17, 15) is 5.11 Å². The molecular weight excluding hydrogens is 312 g/mol. The van der Waals surface area contributed by atoms with Crippen molar-refractivity contribution in [1.82, 2.24) is 0 Å². The van der Waals surface area contributed by atoms with Gasteiger partial charge in [-0.2, -0.15) is 0 Å². The van der Waals surface area contributed by atoms with Gasteiger partial charge < -0.3 is 9.84 Å². The van der Waals surface area contributed by atoms with E-state index in [0.717, 1.165) is 19.3 Å². The SMILES string of the molecule is CC(CC(C)(C)C)C1(C(O)OCCC[Si](C)(C)C)CCCC1(C)C. The molecule has 1 saturated carbocycles. The number of rotatable bonds is 8. The van der Waals surface area contributed by atoms with Crippen molar-refractivity contribution in [2.75, 3.05) is 6.61 Å². The molecule has 0 bridgehead atoms. The second kappa shape index (κ2) is 7.80. The topological polar surface area (TPSA) is 29.5 Å². The molecule has 144 valence electrons. The van der Waals surface area contributed by atoms with Gasteiger partial charge in [0, 0.05) is 20.1 Å². The zero-order valence-corrected chi connectivity index (χ0v) is 19.0. The van der Waals surface area contributed by atoms with Crippen molar-refractivity contribution in [2.24, 2.45) is 22.2 Å². The third kappa shape index (κ3) is 5.57. The summed E-state index contributed by atoms with van der Waals surface area (Å²) in [5, 5.41) is 11.1. The first-order valence-electron chi connectivity index (χ1n) is 10.0. The standard InChI is InChI=1S/C21H44O2Si/c1-17(16-19(2,3)4)21(13-10-12-20(21,5)6)18(22)23-14-11-15-24(7,8)9/h17-18,22H,10-16H2,1-9H3. The molecule has 1 fully saturated rings. The maximum Gasteiger partial charge on any atom is 0.160 e. The molecule has 0 aliphatic heterocycles. The van der Waals surface area contributed by atoms with E-state index < -0.39 is 14.4 Å². The van der Waals surface area contributed by atoms with E-state index in [-0.39, 0.29) is 16.2 Å². The molecule has 0 amide bonds. The van der Waals surface area contributed by atoms with Crippen molar-refractivity contribution in [2.45, 2.75) is 106 Å². The summed E-state index contributed by atoms with van der Waals surface area (Å²) in [6, 6.07) is 1.27. The van der Waals surface area contributed by atoms with Crippen LogP contribution in [-0.4, -0.2) is 26.1 Å². The second-order valence-corrected chi connectivity index (χ2v) is 17.0. The van der Waals surface area contributed by atoms with Gasteiger partial charge in [-0.3, -0.25) is 0 Å². The third-order valence-electron chi connectivity index (χ3n) is 6.24. The lowest BCUT2D eigenvalue weighted by molar-refractivity contribution is -0.224. The molecule has 0 aromatic heterocycles. The lowest BCUT2D eigenvalue weighted by atomic mass is 9.58. The van der Waals surface area contributed by atoms with Crippen LogP contribution in [0.5, 0.6) is 0 Å². The van der Waals surface area contributed by atoms with Gasteiger partial charge in [0.1, 0.15) is 0 Å². The summed E-state index contributed by atoms with van der Waals surface area (Å²) in [5.41, 5.74) is 0.304. The Kier molecular flexibility index (Phi) is 7.20. The highest BCUT2D eigenvalue weighted by Gasteiger charge is 2.57. The Morgan fingerprint density at radius 3 is 2.12 bits per heavy atom. The zero-order chi connectivity index (χ0) is 18.8. The van der Waals surface area contributed by atoms with Gasteiger partial charge in [0.25, 0.3) is 0 Å². The summed E-state index contributed by atoms with van der Waals surface area (Å²) in [4.78, 5) is 0. The van der Waals surface area contributed by atoms with Crippen molar-refractivity contribution in [3.8, 4) is 0 Å². The van der Waals surface area contributed by atoms with Crippen LogP contribution >= 0.6 is 0 Å². The van der Waals surface area contributed by atoms with Crippen LogP contribution in [0.25, 0.3) is 0 Å². The van der Waals surface area contributed by atoms with Crippen molar-refractivity contribution >= 4 is 8.07 Å². The summed E-state index contributed by atoms with van der Waals surface area (Å²) < 4.78 is 6.07. The van der Waals surface area contributed by atoms with Gasteiger partial charge in [-0.1, -0.05) is 73.6 Å². The molecule has 2 nitrogen and oxygen atoms in total. The van der Waals surface area contributed by atoms with Crippen LogP contribution in [0.4, 0.5) is 0 Å². The average molecular weight is 357 g/mol. The van der Waals surface area contributed by atoms with E-state index in [2.05, 4.69) is 61.2 Å². The number of aliphatic hydroxyl groups is 1. The van der Waals surface area contributed by atoms with Crippen molar-refractivity contribution in [3.05, 3.63) is 0 Å². The van der Waals surface area contributed by atoms with E-state index in [1.54, 1.807) is 0 Å². The molecule has 0 radical (unpaired) electrons. The predicted octanol–water partition coefficient (Wildman–Crippen LogP) is 6.32. The Morgan fingerprint density at radius 2 is 1.71 bits per heavy atom. The van der Waals surface area contributed by atoms with Crippen LogP contribution in [0.2, 0.25) is 25.7 Å². The normalized spacial score (nSPS) is 27.2. The van der Waals surface area contributed by atoms with E-state index >= 15 is 0 Å². The number of hydrogen-bond acceptors (Lipinski definition) is 2. The molecule has 1 aliphatic carbocycles. The lowest BCUT2D eigenvalue weighted by Gasteiger charge is -2.50. The zero-order valence-electron chi connectivity index (χ0n) is 18.0. The fourth-order valence-corrected chi connectivity index (χ4v) is 6.26. The maximum absolute atomic E-state index is 11.1. The molecule has 0 aromatic rings. The fraction of sp³-hybridized carbons (Fsp3) is 1.00. The number of hydrogen-bond donors (Lipinski definition) is 1. The molecule has 3 atom stereocenters. The first-order chi connectivity index (χ1) is 10.7. The second-order valence-electron chi connectivity index (χ2n) is 11.3. The van der Waals surface area contributed by atoms with E-state index in [4.69, 9.17) is 4.74 Å². The average Bonchev–Trinajstić information content (AvgIpc) is 2.67. The molecule has 0 heterocycles. The highest BCUT2D eigenvalue weighted by molar-refractivity contribution is 6.76. The molecule has 24 heavy (non-hydrogen) atoms. The minimum atomic E-state index is -1.02. The Morgan fingerprint density at radius 1 is 1.12 bits per heavy atom. The molecule has 1 aliphatic rings. The quantitative estimate of drug-likeness (QED) is 0.313. The number of aliphatic hydroxyl groups excluding tert-OH is 1. The van der Waals surface area contributed by atoms with Crippen molar-refractivity contribution in [1.29, 1.82) is 0 Å². The van der Waals surface area contributed by atoms with Gasteiger partial charge in [0.2, 0.25) is 0 Å². The molecular formula is C21H44O2Si. The molecule has 3 unspecified atom stereocenters. The van der Waals surface area contributed by atoms with Crippen LogP contribution in [0.3, 0.4) is 0 Å². The maximum atomic E-state index is 11.1.